The number of furan rings is 1. The lowest BCUT2D eigenvalue weighted by atomic mass is 10.3. The van der Waals surface area contributed by atoms with Gasteiger partial charge in [-0.05, 0) is 12.1 Å². The van der Waals surface area contributed by atoms with E-state index in [9.17, 15) is 8.42 Å². The van der Waals surface area contributed by atoms with Gasteiger partial charge in [-0.2, -0.15) is 0 Å². The Morgan fingerprint density at radius 2 is 2.00 bits per heavy atom. The predicted molar refractivity (Wildman–Crippen MR) is 54.3 cm³/mol. The molecule has 0 spiro atoms. The Kier molecular flexibility index (Phi) is 2.21. The number of benzene rings is 1. The lowest BCUT2D eigenvalue weighted by Crippen LogP contribution is -1.84. The summed E-state index contributed by atoms with van der Waals surface area (Å²) in [4.78, 5) is 0. The molecule has 0 saturated carbocycles. The molecule has 0 N–H and O–H groups in total. The Hall–Kier alpha value is -0.710. The maximum Gasteiger partial charge on any atom is 0.294 e. The molecule has 1 aromatic heterocycles. The minimum absolute atomic E-state index is 0.290. The van der Waals surface area contributed by atoms with E-state index in [1.165, 1.54) is 6.07 Å². The van der Waals surface area contributed by atoms with Crippen LogP contribution in [0.15, 0.2) is 33.8 Å². The molecule has 0 aliphatic heterocycles. The first-order valence-electron chi connectivity index (χ1n) is 3.61. The molecule has 74 valence electrons. The smallest absolute Gasteiger partial charge is 0.294 e. The van der Waals surface area contributed by atoms with E-state index in [-0.39, 0.29) is 5.09 Å². The molecule has 0 fully saturated rings. The average Bonchev–Trinajstić information content (AvgIpc) is 2.48. The van der Waals surface area contributed by atoms with Gasteiger partial charge in [-0.25, -0.2) is 8.42 Å². The van der Waals surface area contributed by atoms with E-state index in [0.717, 1.165) is 0 Å². The molecule has 0 atom stereocenters. The summed E-state index contributed by atoms with van der Waals surface area (Å²) in [5, 5.41) is 0.675. The Morgan fingerprint density at radius 1 is 1.29 bits per heavy atom. The summed E-state index contributed by atoms with van der Waals surface area (Å²) in [6.45, 7) is 0. The lowest BCUT2D eigenvalue weighted by molar-refractivity contribution is 0.488. The van der Waals surface area contributed by atoms with Crippen LogP contribution in [0.3, 0.4) is 0 Å². The van der Waals surface area contributed by atoms with Gasteiger partial charge in [0.1, 0.15) is 5.58 Å². The van der Waals surface area contributed by atoms with Crippen molar-refractivity contribution in [3.05, 3.63) is 29.3 Å². The van der Waals surface area contributed by atoms with Crippen LogP contribution in [0.5, 0.6) is 0 Å². The third-order valence-electron chi connectivity index (χ3n) is 1.73. The van der Waals surface area contributed by atoms with Gasteiger partial charge in [-0.3, -0.25) is 0 Å². The highest BCUT2D eigenvalue weighted by molar-refractivity contribution is 8.13. The highest BCUT2D eigenvalue weighted by Crippen LogP contribution is 2.29. The zero-order valence-electron chi connectivity index (χ0n) is 6.70. The van der Waals surface area contributed by atoms with Gasteiger partial charge in [-0.1, -0.05) is 17.7 Å². The molecule has 0 aliphatic carbocycles. The van der Waals surface area contributed by atoms with Gasteiger partial charge >= 0.3 is 0 Å². The Bertz CT molecular complexity index is 586. The first-order valence-corrected chi connectivity index (χ1v) is 6.30. The van der Waals surface area contributed by atoms with Gasteiger partial charge in [0.15, 0.2) is 0 Å². The Morgan fingerprint density at radius 3 is 2.57 bits per heavy atom. The maximum atomic E-state index is 10.9. The lowest BCUT2D eigenvalue weighted by Gasteiger charge is -1.88. The molecule has 0 radical (unpaired) electrons. The fourth-order valence-electron chi connectivity index (χ4n) is 1.12. The highest BCUT2D eigenvalue weighted by atomic mass is 35.7. The van der Waals surface area contributed by atoms with Crippen LogP contribution >= 0.6 is 22.3 Å². The molecule has 0 unspecified atom stereocenters. The number of fused-ring (bicyclic) bond motifs is 1. The quantitative estimate of drug-likeness (QED) is 0.732. The zero-order valence-corrected chi connectivity index (χ0v) is 9.03. The van der Waals surface area contributed by atoms with Crippen molar-refractivity contribution in [2.75, 3.05) is 0 Å². The van der Waals surface area contributed by atoms with Crippen LogP contribution in [0.1, 0.15) is 0 Å². The predicted octanol–water partition coefficient (Wildman–Crippen LogP) is 3.01. The standard InChI is InChI=1S/C8H4Cl2O3S/c9-6-2-1-3-7-5(6)4-8(13-7)14(10,11)12/h1-4H. The van der Waals surface area contributed by atoms with Gasteiger partial charge in [-0.15, -0.1) is 0 Å². The average molecular weight is 251 g/mol. The van der Waals surface area contributed by atoms with Crippen LogP contribution in [0, 0.1) is 0 Å². The molecular weight excluding hydrogens is 247 g/mol. The zero-order chi connectivity index (χ0) is 10.3. The Balaban J connectivity index is 2.81. The normalized spacial score (nSPS) is 12.1. The second-order valence-corrected chi connectivity index (χ2v) is 5.56. The van der Waals surface area contributed by atoms with E-state index in [1.54, 1.807) is 18.2 Å². The fraction of sp³-hybridized carbons (Fsp3) is 0. The summed E-state index contributed by atoms with van der Waals surface area (Å²) < 4.78 is 26.9. The monoisotopic (exact) mass is 250 g/mol. The topological polar surface area (TPSA) is 47.3 Å². The fourth-order valence-corrected chi connectivity index (χ4v) is 2.02. The van der Waals surface area contributed by atoms with Gasteiger partial charge in [0.25, 0.3) is 9.05 Å². The minimum atomic E-state index is -3.83. The second-order valence-electron chi connectivity index (χ2n) is 2.65. The second kappa shape index (κ2) is 3.15. The molecule has 3 nitrogen and oxygen atoms in total. The van der Waals surface area contributed by atoms with Crippen molar-refractivity contribution in [1.29, 1.82) is 0 Å². The molecule has 2 aromatic rings. The van der Waals surface area contributed by atoms with E-state index in [4.69, 9.17) is 26.7 Å². The van der Waals surface area contributed by atoms with Crippen molar-refractivity contribution in [3.63, 3.8) is 0 Å². The van der Waals surface area contributed by atoms with E-state index in [0.29, 0.717) is 16.0 Å². The van der Waals surface area contributed by atoms with Crippen LogP contribution in [0.4, 0.5) is 0 Å². The molecule has 1 heterocycles. The first-order chi connectivity index (χ1) is 6.48. The largest absolute Gasteiger partial charge is 0.443 e. The van der Waals surface area contributed by atoms with Crippen LogP contribution in [-0.2, 0) is 9.05 Å². The van der Waals surface area contributed by atoms with Gasteiger partial charge in [0.2, 0.25) is 5.09 Å². The van der Waals surface area contributed by atoms with E-state index in [1.807, 2.05) is 0 Å². The van der Waals surface area contributed by atoms with E-state index in [2.05, 4.69) is 0 Å². The molecule has 0 saturated heterocycles. The third kappa shape index (κ3) is 1.61. The van der Waals surface area contributed by atoms with Crippen molar-refractivity contribution in [1.82, 2.24) is 0 Å². The SMILES string of the molecule is O=S(=O)(Cl)c1cc2c(Cl)cccc2o1. The highest BCUT2D eigenvalue weighted by Gasteiger charge is 2.17. The summed E-state index contributed by atoms with van der Waals surface area (Å²) in [5.41, 5.74) is 0.400. The summed E-state index contributed by atoms with van der Waals surface area (Å²) in [5.74, 6) is 0. The van der Waals surface area contributed by atoms with Crippen molar-refractivity contribution in [2.24, 2.45) is 0 Å². The molecule has 2 rings (SSSR count). The van der Waals surface area contributed by atoms with Gasteiger partial charge in [0.05, 0.1) is 5.02 Å². The van der Waals surface area contributed by atoms with E-state index < -0.39 is 9.05 Å². The van der Waals surface area contributed by atoms with Crippen molar-refractivity contribution in [3.8, 4) is 0 Å². The molecule has 14 heavy (non-hydrogen) atoms. The molecule has 0 aliphatic rings. The Labute approximate surface area is 89.6 Å². The maximum absolute atomic E-state index is 10.9. The van der Waals surface area contributed by atoms with Crippen LogP contribution in [-0.4, -0.2) is 8.42 Å². The number of rotatable bonds is 1. The van der Waals surface area contributed by atoms with Crippen molar-refractivity contribution >= 4 is 42.3 Å². The number of hydrogen-bond acceptors (Lipinski definition) is 3. The summed E-state index contributed by atoms with van der Waals surface area (Å²) in [6, 6.07) is 6.23. The minimum Gasteiger partial charge on any atom is -0.443 e. The van der Waals surface area contributed by atoms with Crippen LogP contribution < -0.4 is 0 Å². The van der Waals surface area contributed by atoms with Gasteiger partial charge < -0.3 is 4.42 Å². The molecule has 0 amide bonds. The van der Waals surface area contributed by atoms with E-state index >= 15 is 0 Å². The van der Waals surface area contributed by atoms with Crippen molar-refractivity contribution < 1.29 is 12.8 Å². The van der Waals surface area contributed by atoms with Crippen LogP contribution in [0.25, 0.3) is 11.0 Å². The molecule has 6 heteroatoms. The summed E-state index contributed by atoms with van der Waals surface area (Å²) >= 11 is 5.82. The molecule has 0 bridgehead atoms. The van der Waals surface area contributed by atoms with Gasteiger partial charge in [0, 0.05) is 22.1 Å². The number of halogens is 2. The first kappa shape index (κ1) is 9.83. The van der Waals surface area contributed by atoms with Crippen molar-refractivity contribution in [2.45, 2.75) is 5.09 Å². The third-order valence-corrected chi connectivity index (χ3v) is 3.19. The molecule has 1 aromatic carbocycles. The summed E-state index contributed by atoms with van der Waals surface area (Å²) in [6.07, 6.45) is 0. The summed E-state index contributed by atoms with van der Waals surface area (Å²) in [7, 11) is 1.28. The van der Waals surface area contributed by atoms with Crippen LogP contribution in [0.2, 0.25) is 5.02 Å². The molecular formula is C8H4Cl2O3S. The number of hydrogen-bond donors (Lipinski definition) is 0.